The van der Waals surface area contributed by atoms with Gasteiger partial charge in [-0.25, -0.2) is 32.7 Å². The fraction of sp³-hybridized carbons (Fsp3) is 0.360. The van der Waals surface area contributed by atoms with E-state index < -0.39 is 15.8 Å². The second-order valence-electron chi connectivity index (χ2n) is 9.36. The van der Waals surface area contributed by atoms with Gasteiger partial charge in [0.1, 0.15) is 5.82 Å². The van der Waals surface area contributed by atoms with Gasteiger partial charge in [-0.2, -0.15) is 4.31 Å². The van der Waals surface area contributed by atoms with Crippen molar-refractivity contribution in [1.29, 1.82) is 0 Å². The lowest BCUT2D eigenvalue weighted by molar-refractivity contribution is 0.122. The van der Waals surface area contributed by atoms with Crippen LogP contribution in [0.15, 0.2) is 47.6 Å². The van der Waals surface area contributed by atoms with Crippen LogP contribution >= 0.6 is 11.3 Å². The third-order valence-electron chi connectivity index (χ3n) is 6.79. The molecule has 0 bridgehead atoms. The zero-order valence-electron chi connectivity index (χ0n) is 21.0. The highest BCUT2D eigenvalue weighted by atomic mass is 32.2. The number of fused-ring (bicyclic) bond motifs is 1. The summed E-state index contributed by atoms with van der Waals surface area (Å²) in [6.45, 7) is 5.21. The lowest BCUT2D eigenvalue weighted by Gasteiger charge is -2.33. The standard InChI is InChI=1S/C25H27FN8O3S2/c26-18-2-1-3-20(12-18)39(35,36)34-6-4-32(5-7-34)16-19-13-21-22(38-19)24(33-8-10-37-11-9-33)31-23(30-21)17-14-28-25(27)29-15-17/h1-3,12-15H,4-11,16H2,(H2,27,28,29). The maximum absolute atomic E-state index is 13.6. The Morgan fingerprint density at radius 2 is 1.74 bits per heavy atom. The fourth-order valence-electron chi connectivity index (χ4n) is 4.74. The number of benzene rings is 1. The molecule has 2 fully saturated rings. The van der Waals surface area contributed by atoms with Crippen molar-refractivity contribution in [2.24, 2.45) is 0 Å². The zero-order valence-corrected chi connectivity index (χ0v) is 22.7. The average Bonchev–Trinajstić information content (AvgIpc) is 3.36. The first-order valence-electron chi connectivity index (χ1n) is 12.6. The van der Waals surface area contributed by atoms with Gasteiger partial charge in [0, 0.05) is 63.1 Å². The second kappa shape index (κ2) is 10.7. The van der Waals surface area contributed by atoms with E-state index in [2.05, 4.69) is 25.8 Å². The third-order valence-corrected chi connectivity index (χ3v) is 9.79. The van der Waals surface area contributed by atoms with E-state index in [9.17, 15) is 12.8 Å². The molecule has 2 aliphatic rings. The number of nitrogens with zero attached hydrogens (tertiary/aromatic N) is 7. The van der Waals surface area contributed by atoms with Crippen molar-refractivity contribution in [3.8, 4) is 11.4 Å². The number of sulfonamides is 1. The average molecular weight is 571 g/mol. The van der Waals surface area contributed by atoms with Crippen molar-refractivity contribution in [2.75, 3.05) is 63.1 Å². The van der Waals surface area contributed by atoms with E-state index in [0.717, 1.165) is 40.1 Å². The third kappa shape index (κ3) is 5.43. The molecule has 0 amide bonds. The zero-order chi connectivity index (χ0) is 27.0. The summed E-state index contributed by atoms with van der Waals surface area (Å²) in [4.78, 5) is 23.4. The van der Waals surface area contributed by atoms with E-state index >= 15 is 0 Å². The molecule has 0 aliphatic carbocycles. The number of rotatable bonds is 6. The molecule has 1 aromatic carbocycles. The normalized spacial score (nSPS) is 17.6. The summed E-state index contributed by atoms with van der Waals surface area (Å²) in [5.74, 6) is 1.02. The van der Waals surface area contributed by atoms with E-state index in [-0.39, 0.29) is 10.8 Å². The van der Waals surface area contributed by atoms with Crippen LogP contribution in [0.5, 0.6) is 0 Å². The van der Waals surface area contributed by atoms with Gasteiger partial charge in [0.15, 0.2) is 11.6 Å². The molecule has 0 atom stereocenters. The number of morpholine rings is 1. The molecule has 0 spiro atoms. The predicted octanol–water partition coefficient (Wildman–Crippen LogP) is 2.21. The molecule has 14 heteroatoms. The minimum absolute atomic E-state index is 0.0167. The van der Waals surface area contributed by atoms with Gasteiger partial charge in [0.2, 0.25) is 16.0 Å². The molecule has 5 heterocycles. The highest BCUT2D eigenvalue weighted by molar-refractivity contribution is 7.89. The number of anilines is 2. The number of ether oxygens (including phenoxy) is 1. The smallest absolute Gasteiger partial charge is 0.243 e. The summed E-state index contributed by atoms with van der Waals surface area (Å²) < 4.78 is 47.5. The molecule has 2 N–H and O–H groups in total. The SMILES string of the molecule is Nc1ncc(-c2nc(N3CCOCC3)c3sc(CN4CCN(S(=O)(=O)c5cccc(F)c5)CC4)cc3n2)cn1. The highest BCUT2D eigenvalue weighted by Gasteiger charge is 2.29. The van der Waals surface area contributed by atoms with E-state index in [1.54, 1.807) is 23.7 Å². The number of piperazine rings is 1. The van der Waals surface area contributed by atoms with Crippen molar-refractivity contribution >= 4 is 43.3 Å². The Morgan fingerprint density at radius 3 is 2.46 bits per heavy atom. The molecular formula is C25H27FN8O3S2. The summed E-state index contributed by atoms with van der Waals surface area (Å²) in [6, 6.07) is 7.22. The largest absolute Gasteiger partial charge is 0.378 e. The van der Waals surface area contributed by atoms with Crippen LogP contribution < -0.4 is 10.6 Å². The van der Waals surface area contributed by atoms with Crippen LogP contribution in [0.2, 0.25) is 0 Å². The fourth-order valence-corrected chi connectivity index (χ4v) is 7.35. The van der Waals surface area contributed by atoms with Crippen LogP contribution in [0.4, 0.5) is 16.2 Å². The quantitative estimate of drug-likeness (QED) is 0.368. The van der Waals surface area contributed by atoms with Gasteiger partial charge >= 0.3 is 0 Å². The monoisotopic (exact) mass is 570 g/mol. The van der Waals surface area contributed by atoms with Gasteiger partial charge in [-0.15, -0.1) is 11.3 Å². The Hall–Kier alpha value is -3.30. The van der Waals surface area contributed by atoms with Gasteiger partial charge in [-0.1, -0.05) is 6.07 Å². The Bertz CT molecular complexity index is 1580. The minimum atomic E-state index is -3.74. The second-order valence-corrected chi connectivity index (χ2v) is 12.4. The van der Waals surface area contributed by atoms with Crippen LogP contribution in [-0.2, 0) is 21.3 Å². The highest BCUT2D eigenvalue weighted by Crippen LogP contribution is 2.35. The first kappa shape index (κ1) is 26.0. The summed E-state index contributed by atoms with van der Waals surface area (Å²) >= 11 is 1.65. The van der Waals surface area contributed by atoms with Crippen LogP contribution in [0, 0.1) is 5.82 Å². The van der Waals surface area contributed by atoms with Gasteiger partial charge < -0.3 is 15.4 Å². The maximum Gasteiger partial charge on any atom is 0.243 e. The maximum atomic E-state index is 13.6. The Morgan fingerprint density at radius 1 is 1.00 bits per heavy atom. The summed E-state index contributed by atoms with van der Waals surface area (Å²) in [5, 5.41) is 0. The number of nitrogens with two attached hydrogens (primary N) is 1. The molecule has 11 nitrogen and oxygen atoms in total. The summed E-state index contributed by atoms with van der Waals surface area (Å²) in [5.41, 5.74) is 7.19. The molecule has 3 aromatic heterocycles. The molecule has 4 aromatic rings. The number of thiophene rings is 1. The Kier molecular flexibility index (Phi) is 7.12. The lowest BCUT2D eigenvalue weighted by Crippen LogP contribution is -2.48. The molecule has 0 saturated carbocycles. The van der Waals surface area contributed by atoms with Crippen LogP contribution in [0.25, 0.3) is 21.6 Å². The Balaban J connectivity index is 1.22. The number of hydrogen-bond donors (Lipinski definition) is 1. The van der Waals surface area contributed by atoms with Crippen molar-refractivity contribution in [3.05, 3.63) is 53.4 Å². The molecule has 39 heavy (non-hydrogen) atoms. The number of hydrogen-bond acceptors (Lipinski definition) is 11. The van der Waals surface area contributed by atoms with Crippen molar-refractivity contribution in [2.45, 2.75) is 11.4 Å². The molecular weight excluding hydrogens is 543 g/mol. The summed E-state index contributed by atoms with van der Waals surface area (Å²) in [7, 11) is -3.74. The Labute approximate surface area is 229 Å². The topological polar surface area (TPSA) is 131 Å². The molecule has 0 radical (unpaired) electrons. The van der Waals surface area contributed by atoms with Crippen molar-refractivity contribution in [3.63, 3.8) is 0 Å². The molecule has 2 saturated heterocycles. The molecule has 204 valence electrons. The molecule has 0 unspecified atom stereocenters. The van der Waals surface area contributed by atoms with Crippen molar-refractivity contribution in [1.82, 2.24) is 29.1 Å². The summed E-state index contributed by atoms with van der Waals surface area (Å²) in [6.07, 6.45) is 3.24. The first-order chi connectivity index (χ1) is 18.9. The van der Waals surface area contributed by atoms with Crippen molar-refractivity contribution < 1.29 is 17.5 Å². The van der Waals surface area contributed by atoms with Gasteiger partial charge in [0.05, 0.1) is 33.9 Å². The predicted molar refractivity (Wildman–Crippen MR) is 146 cm³/mol. The van der Waals surface area contributed by atoms with Gasteiger partial charge in [-0.05, 0) is 24.3 Å². The van der Waals surface area contributed by atoms with E-state index in [4.69, 9.17) is 20.4 Å². The van der Waals surface area contributed by atoms with Gasteiger partial charge in [-0.3, -0.25) is 4.90 Å². The number of halogens is 1. The van der Waals surface area contributed by atoms with Crippen LogP contribution in [-0.4, -0.2) is 90.0 Å². The van der Waals surface area contributed by atoms with E-state index in [1.807, 2.05) is 0 Å². The first-order valence-corrected chi connectivity index (χ1v) is 14.8. The van der Waals surface area contributed by atoms with E-state index in [1.165, 1.54) is 22.5 Å². The molecule has 6 rings (SSSR count). The van der Waals surface area contributed by atoms with E-state index in [0.29, 0.717) is 57.3 Å². The van der Waals surface area contributed by atoms with Crippen LogP contribution in [0.1, 0.15) is 4.88 Å². The lowest BCUT2D eigenvalue weighted by atomic mass is 10.3. The van der Waals surface area contributed by atoms with Gasteiger partial charge in [0.25, 0.3) is 0 Å². The molecule has 2 aliphatic heterocycles. The minimum Gasteiger partial charge on any atom is -0.378 e. The number of aromatic nitrogens is 4. The van der Waals surface area contributed by atoms with Crippen LogP contribution in [0.3, 0.4) is 0 Å². The number of nitrogen functional groups attached to an aromatic ring is 1.